The summed E-state index contributed by atoms with van der Waals surface area (Å²) in [6.07, 6.45) is 0. The van der Waals surface area contributed by atoms with Crippen molar-refractivity contribution >= 4 is 28.6 Å². The van der Waals surface area contributed by atoms with Crippen LogP contribution in [0.5, 0.6) is 0 Å². The second kappa shape index (κ2) is 5.26. The number of rotatable bonds is 3. The summed E-state index contributed by atoms with van der Waals surface area (Å²) < 4.78 is 0. The van der Waals surface area contributed by atoms with Gasteiger partial charge in [-0.15, -0.1) is 0 Å². The first kappa shape index (κ1) is 14.3. The lowest BCUT2D eigenvalue weighted by molar-refractivity contribution is -0.144. The molecule has 1 fully saturated rings. The lowest BCUT2D eigenvalue weighted by Gasteiger charge is -2.19. The molecule has 0 N–H and O–H groups in total. The topological polar surface area (TPSA) is 57.7 Å². The average Bonchev–Trinajstić information content (AvgIpc) is 2.71. The molecule has 0 saturated carbocycles. The van der Waals surface area contributed by atoms with Crippen molar-refractivity contribution in [2.75, 3.05) is 0 Å². The SMILES string of the molecule is CC(C)N1C(=O)C(=O)N(Cc2cccc3ccccc23)C1=O. The Morgan fingerprint density at radius 3 is 2.27 bits per heavy atom. The largest absolute Gasteiger partial charge is 0.334 e. The number of imide groups is 2. The average molecular weight is 296 g/mol. The predicted octanol–water partition coefficient (Wildman–Crippen LogP) is 2.54. The second-order valence-corrected chi connectivity index (χ2v) is 5.58. The highest BCUT2D eigenvalue weighted by Crippen LogP contribution is 2.23. The molecule has 0 aromatic heterocycles. The van der Waals surface area contributed by atoms with E-state index in [4.69, 9.17) is 0 Å². The minimum absolute atomic E-state index is 0.105. The molecule has 22 heavy (non-hydrogen) atoms. The van der Waals surface area contributed by atoms with Crippen LogP contribution in [0.25, 0.3) is 10.8 Å². The van der Waals surface area contributed by atoms with Crippen molar-refractivity contribution in [2.24, 2.45) is 0 Å². The molecule has 1 heterocycles. The van der Waals surface area contributed by atoms with Gasteiger partial charge in [-0.2, -0.15) is 0 Å². The molecular weight excluding hydrogens is 280 g/mol. The molecule has 5 heteroatoms. The first-order valence-corrected chi connectivity index (χ1v) is 7.16. The van der Waals surface area contributed by atoms with Crippen LogP contribution in [0, 0.1) is 0 Å². The summed E-state index contributed by atoms with van der Waals surface area (Å²) in [6, 6.07) is 12.6. The smallest absolute Gasteiger partial charge is 0.263 e. The number of fused-ring (bicyclic) bond motifs is 1. The number of hydrogen-bond acceptors (Lipinski definition) is 3. The van der Waals surface area contributed by atoms with E-state index in [9.17, 15) is 14.4 Å². The molecule has 0 bridgehead atoms. The lowest BCUT2D eigenvalue weighted by Crippen LogP contribution is -2.37. The minimum atomic E-state index is -0.758. The second-order valence-electron chi connectivity index (χ2n) is 5.58. The van der Waals surface area contributed by atoms with Gasteiger partial charge in [0.15, 0.2) is 0 Å². The standard InChI is InChI=1S/C17H16N2O3/c1-11(2)19-16(21)15(20)18(17(19)22)10-13-8-5-7-12-6-3-4-9-14(12)13/h3-9,11H,10H2,1-2H3. The Kier molecular flexibility index (Phi) is 3.41. The van der Waals surface area contributed by atoms with Crippen molar-refractivity contribution in [3.05, 3.63) is 48.0 Å². The van der Waals surface area contributed by atoms with Crippen LogP contribution in [0.4, 0.5) is 4.79 Å². The maximum absolute atomic E-state index is 12.3. The fourth-order valence-electron chi connectivity index (χ4n) is 2.72. The highest BCUT2D eigenvalue weighted by Gasteiger charge is 2.45. The highest BCUT2D eigenvalue weighted by molar-refractivity contribution is 6.44. The van der Waals surface area contributed by atoms with Crippen LogP contribution < -0.4 is 0 Å². The van der Waals surface area contributed by atoms with Gasteiger partial charge in [-0.3, -0.25) is 19.4 Å². The fraction of sp³-hybridized carbons (Fsp3) is 0.235. The van der Waals surface area contributed by atoms with Gasteiger partial charge < -0.3 is 0 Å². The molecule has 0 radical (unpaired) electrons. The molecule has 0 unspecified atom stereocenters. The van der Waals surface area contributed by atoms with Gasteiger partial charge >= 0.3 is 17.8 Å². The van der Waals surface area contributed by atoms with E-state index in [1.54, 1.807) is 13.8 Å². The summed E-state index contributed by atoms with van der Waals surface area (Å²) in [6.45, 7) is 3.53. The third kappa shape index (κ3) is 2.15. The van der Waals surface area contributed by atoms with E-state index < -0.39 is 17.8 Å². The third-order valence-electron chi connectivity index (χ3n) is 3.81. The first-order chi connectivity index (χ1) is 10.5. The van der Waals surface area contributed by atoms with Crippen molar-refractivity contribution < 1.29 is 14.4 Å². The van der Waals surface area contributed by atoms with Gasteiger partial charge in [-0.25, -0.2) is 4.79 Å². The fourth-order valence-corrected chi connectivity index (χ4v) is 2.72. The van der Waals surface area contributed by atoms with Gasteiger partial charge in [0.2, 0.25) is 0 Å². The van der Waals surface area contributed by atoms with Crippen LogP contribution in [0.3, 0.4) is 0 Å². The zero-order valence-electron chi connectivity index (χ0n) is 12.4. The Balaban J connectivity index is 1.97. The number of urea groups is 1. The Bertz CT molecular complexity index is 777. The van der Waals surface area contributed by atoms with Gasteiger partial charge in [0, 0.05) is 6.04 Å². The van der Waals surface area contributed by atoms with Crippen LogP contribution in [0.1, 0.15) is 19.4 Å². The van der Waals surface area contributed by atoms with Crippen molar-refractivity contribution in [1.29, 1.82) is 0 Å². The lowest BCUT2D eigenvalue weighted by atomic mass is 10.0. The number of carbonyl (C=O) groups is 3. The third-order valence-corrected chi connectivity index (χ3v) is 3.81. The van der Waals surface area contributed by atoms with Crippen molar-refractivity contribution in [2.45, 2.75) is 26.4 Å². The summed E-state index contributed by atoms with van der Waals surface area (Å²) in [4.78, 5) is 38.4. The molecule has 0 aliphatic carbocycles. The summed E-state index contributed by atoms with van der Waals surface area (Å²) in [5, 5.41) is 2.01. The van der Waals surface area contributed by atoms with E-state index in [2.05, 4.69) is 0 Å². The number of carbonyl (C=O) groups excluding carboxylic acids is 3. The molecule has 3 rings (SSSR count). The van der Waals surface area contributed by atoms with Crippen LogP contribution >= 0.6 is 0 Å². The van der Waals surface area contributed by atoms with Crippen molar-refractivity contribution in [3.63, 3.8) is 0 Å². The maximum atomic E-state index is 12.3. The van der Waals surface area contributed by atoms with Gasteiger partial charge in [0.05, 0.1) is 6.54 Å². The monoisotopic (exact) mass is 296 g/mol. The normalized spacial score (nSPS) is 15.5. The Morgan fingerprint density at radius 1 is 0.909 bits per heavy atom. The van der Waals surface area contributed by atoms with E-state index in [1.807, 2.05) is 42.5 Å². The van der Waals surface area contributed by atoms with Crippen LogP contribution in [0.15, 0.2) is 42.5 Å². The quantitative estimate of drug-likeness (QED) is 0.646. The molecule has 5 nitrogen and oxygen atoms in total. The van der Waals surface area contributed by atoms with Gasteiger partial charge in [0.1, 0.15) is 0 Å². The van der Waals surface area contributed by atoms with Gasteiger partial charge in [-0.05, 0) is 30.2 Å². The molecule has 1 aliphatic rings. The maximum Gasteiger partial charge on any atom is 0.334 e. The molecule has 0 atom stereocenters. The molecule has 112 valence electrons. The molecule has 1 saturated heterocycles. The van der Waals surface area contributed by atoms with E-state index in [0.717, 1.165) is 26.1 Å². The van der Waals surface area contributed by atoms with Crippen LogP contribution in [-0.4, -0.2) is 33.7 Å². The van der Waals surface area contributed by atoms with Crippen LogP contribution in [-0.2, 0) is 16.1 Å². The van der Waals surface area contributed by atoms with E-state index in [1.165, 1.54) is 0 Å². The van der Waals surface area contributed by atoms with Crippen LogP contribution in [0.2, 0.25) is 0 Å². The predicted molar refractivity (Wildman–Crippen MR) is 81.9 cm³/mol. The molecule has 4 amide bonds. The molecule has 2 aromatic rings. The number of nitrogens with zero attached hydrogens (tertiary/aromatic N) is 2. The number of hydrogen-bond donors (Lipinski definition) is 0. The summed E-state index contributed by atoms with van der Waals surface area (Å²) in [5.74, 6) is -1.51. The zero-order chi connectivity index (χ0) is 15.9. The summed E-state index contributed by atoms with van der Waals surface area (Å²) in [7, 11) is 0. The van der Waals surface area contributed by atoms with Crippen molar-refractivity contribution in [3.8, 4) is 0 Å². The summed E-state index contributed by atoms with van der Waals surface area (Å²) in [5.41, 5.74) is 0.846. The zero-order valence-corrected chi connectivity index (χ0v) is 12.4. The van der Waals surface area contributed by atoms with E-state index in [0.29, 0.717) is 0 Å². The Morgan fingerprint density at radius 2 is 1.59 bits per heavy atom. The number of amides is 4. The Labute approximate surface area is 128 Å². The molecule has 0 spiro atoms. The minimum Gasteiger partial charge on any atom is -0.263 e. The van der Waals surface area contributed by atoms with Gasteiger partial charge in [-0.1, -0.05) is 42.5 Å². The molecular formula is C17H16N2O3. The first-order valence-electron chi connectivity index (χ1n) is 7.16. The number of benzene rings is 2. The molecule has 2 aromatic carbocycles. The Hall–Kier alpha value is -2.69. The van der Waals surface area contributed by atoms with E-state index >= 15 is 0 Å². The summed E-state index contributed by atoms with van der Waals surface area (Å²) >= 11 is 0. The van der Waals surface area contributed by atoms with E-state index in [-0.39, 0.29) is 12.6 Å². The van der Waals surface area contributed by atoms with Gasteiger partial charge in [0.25, 0.3) is 0 Å². The highest BCUT2D eigenvalue weighted by atomic mass is 16.2. The van der Waals surface area contributed by atoms with Crippen molar-refractivity contribution in [1.82, 2.24) is 9.80 Å². The molecule has 1 aliphatic heterocycles.